The van der Waals surface area contributed by atoms with Crippen LogP contribution in [0.1, 0.15) is 0 Å². The van der Waals surface area contributed by atoms with Gasteiger partial charge >= 0.3 is 0 Å². The van der Waals surface area contributed by atoms with Crippen LogP contribution in [0.3, 0.4) is 0 Å². The van der Waals surface area contributed by atoms with Crippen LogP contribution in [-0.2, 0) is 11.5 Å². The molecule has 0 fully saturated rings. The Morgan fingerprint density at radius 2 is 2.00 bits per heavy atom. The Morgan fingerprint density at radius 1 is 1.27 bits per heavy atom. The van der Waals surface area contributed by atoms with Crippen molar-refractivity contribution >= 4 is 12.2 Å². The van der Waals surface area contributed by atoms with Gasteiger partial charge in [0, 0.05) is 7.11 Å². The lowest BCUT2D eigenvalue weighted by Gasteiger charge is -1.98. The van der Waals surface area contributed by atoms with Crippen molar-refractivity contribution in [3.63, 3.8) is 0 Å². The zero-order valence-electron chi connectivity index (χ0n) is 8.20. The van der Waals surface area contributed by atoms with Crippen molar-refractivity contribution in [3.8, 4) is 5.69 Å². The molecule has 15 heavy (non-hydrogen) atoms. The summed E-state index contributed by atoms with van der Waals surface area (Å²) in [5, 5.41) is 7.83. The first kappa shape index (κ1) is 10.0. The van der Waals surface area contributed by atoms with E-state index in [1.54, 1.807) is 11.8 Å². The standard InChI is InChI=1S/C9H10N4OS/c1-14-7-12-9(15)13(11-10-12)8-5-3-2-4-6-8/h2-6H,7H2,1H3. The molecule has 1 heterocycles. The van der Waals surface area contributed by atoms with Gasteiger partial charge in [-0.3, -0.25) is 0 Å². The normalized spacial score (nSPS) is 10.5. The minimum absolute atomic E-state index is 0.311. The van der Waals surface area contributed by atoms with Crippen molar-refractivity contribution in [2.75, 3.05) is 7.11 Å². The highest BCUT2D eigenvalue weighted by Gasteiger charge is 2.03. The number of tetrazole rings is 1. The summed E-state index contributed by atoms with van der Waals surface area (Å²) in [4.78, 5) is 0. The molecule has 0 amide bonds. The zero-order chi connectivity index (χ0) is 10.7. The maximum absolute atomic E-state index is 5.19. The van der Waals surface area contributed by atoms with Gasteiger partial charge in [0.05, 0.1) is 5.69 Å². The number of hydrogen-bond donors (Lipinski definition) is 0. The van der Waals surface area contributed by atoms with Gasteiger partial charge in [-0.15, -0.1) is 0 Å². The summed E-state index contributed by atoms with van der Waals surface area (Å²) in [7, 11) is 1.59. The lowest BCUT2D eigenvalue weighted by molar-refractivity contribution is 0.117. The lowest BCUT2D eigenvalue weighted by atomic mass is 10.3. The second-order valence-electron chi connectivity index (χ2n) is 2.93. The molecule has 1 aromatic heterocycles. The predicted octanol–water partition coefficient (Wildman–Crippen LogP) is 1.40. The van der Waals surface area contributed by atoms with Gasteiger partial charge in [-0.25, -0.2) is 0 Å². The van der Waals surface area contributed by atoms with Gasteiger partial charge in [-0.2, -0.15) is 9.36 Å². The maximum Gasteiger partial charge on any atom is 0.222 e. The zero-order valence-corrected chi connectivity index (χ0v) is 9.02. The van der Waals surface area contributed by atoms with Crippen LogP contribution in [0.4, 0.5) is 0 Å². The summed E-state index contributed by atoms with van der Waals surface area (Å²) in [6.07, 6.45) is 0. The highest BCUT2D eigenvalue weighted by molar-refractivity contribution is 7.71. The Balaban J connectivity index is 2.43. The molecule has 0 atom stereocenters. The van der Waals surface area contributed by atoms with Crippen LogP contribution in [0, 0.1) is 4.77 Å². The third kappa shape index (κ3) is 1.95. The third-order valence-corrected chi connectivity index (χ3v) is 2.28. The number of methoxy groups -OCH3 is 1. The molecular weight excluding hydrogens is 212 g/mol. The van der Waals surface area contributed by atoms with E-state index in [0.29, 0.717) is 11.5 Å². The maximum atomic E-state index is 5.19. The van der Waals surface area contributed by atoms with E-state index >= 15 is 0 Å². The highest BCUT2D eigenvalue weighted by atomic mass is 32.1. The summed E-state index contributed by atoms with van der Waals surface area (Å²) >= 11 is 5.19. The van der Waals surface area contributed by atoms with Crippen molar-refractivity contribution in [3.05, 3.63) is 35.1 Å². The SMILES string of the molecule is COCn1nnn(-c2ccccc2)c1=S. The minimum atomic E-state index is 0.311. The monoisotopic (exact) mass is 222 g/mol. The second-order valence-corrected chi connectivity index (χ2v) is 3.29. The topological polar surface area (TPSA) is 44.9 Å². The Morgan fingerprint density at radius 3 is 2.67 bits per heavy atom. The Hall–Kier alpha value is -1.53. The van der Waals surface area contributed by atoms with E-state index in [4.69, 9.17) is 17.0 Å². The molecule has 2 rings (SSSR count). The van der Waals surface area contributed by atoms with E-state index in [2.05, 4.69) is 10.4 Å². The molecule has 0 aliphatic heterocycles. The molecule has 0 spiro atoms. The van der Waals surface area contributed by atoms with Crippen molar-refractivity contribution in [1.29, 1.82) is 0 Å². The van der Waals surface area contributed by atoms with Gasteiger partial charge in [0.2, 0.25) is 4.77 Å². The number of rotatable bonds is 3. The van der Waals surface area contributed by atoms with Gasteiger partial charge in [0.15, 0.2) is 0 Å². The van der Waals surface area contributed by atoms with Gasteiger partial charge in [0.1, 0.15) is 6.73 Å². The summed E-state index contributed by atoms with van der Waals surface area (Å²) in [5.41, 5.74) is 0.893. The van der Waals surface area contributed by atoms with Crippen molar-refractivity contribution in [1.82, 2.24) is 19.8 Å². The van der Waals surface area contributed by atoms with Crippen LogP contribution in [0.15, 0.2) is 30.3 Å². The number of para-hydroxylation sites is 1. The lowest BCUT2D eigenvalue weighted by Crippen LogP contribution is -2.02. The van der Waals surface area contributed by atoms with E-state index in [9.17, 15) is 0 Å². The first-order valence-corrected chi connectivity index (χ1v) is 4.81. The number of ether oxygens (including phenoxy) is 1. The predicted molar refractivity (Wildman–Crippen MR) is 57.2 cm³/mol. The van der Waals surface area contributed by atoms with Crippen LogP contribution in [-0.4, -0.2) is 26.9 Å². The van der Waals surface area contributed by atoms with E-state index in [1.807, 2.05) is 30.3 Å². The molecular formula is C9H10N4OS. The first-order chi connectivity index (χ1) is 7.33. The number of nitrogens with zero attached hydrogens (tertiary/aromatic N) is 4. The molecule has 78 valence electrons. The third-order valence-electron chi connectivity index (χ3n) is 1.89. The molecule has 6 heteroatoms. The molecule has 0 radical (unpaired) electrons. The molecule has 0 unspecified atom stereocenters. The number of hydrogen-bond acceptors (Lipinski definition) is 4. The highest BCUT2D eigenvalue weighted by Crippen LogP contribution is 2.05. The Labute approximate surface area is 91.9 Å². The van der Waals surface area contributed by atoms with Crippen molar-refractivity contribution in [2.45, 2.75) is 6.73 Å². The van der Waals surface area contributed by atoms with Gasteiger partial charge in [-0.1, -0.05) is 18.2 Å². The summed E-state index contributed by atoms with van der Waals surface area (Å²) < 4.78 is 8.56. The van der Waals surface area contributed by atoms with Crippen LogP contribution >= 0.6 is 12.2 Å². The van der Waals surface area contributed by atoms with Crippen LogP contribution in [0.5, 0.6) is 0 Å². The molecule has 0 saturated carbocycles. The molecule has 1 aromatic carbocycles. The smallest absolute Gasteiger partial charge is 0.222 e. The van der Waals surface area contributed by atoms with Gasteiger partial charge < -0.3 is 4.74 Å². The average molecular weight is 222 g/mol. The van der Waals surface area contributed by atoms with E-state index in [1.165, 1.54) is 4.68 Å². The summed E-state index contributed by atoms with van der Waals surface area (Å²) in [6.45, 7) is 0.311. The molecule has 0 bridgehead atoms. The minimum Gasteiger partial charge on any atom is -0.362 e. The molecule has 0 N–H and O–H groups in total. The quantitative estimate of drug-likeness (QED) is 0.736. The molecule has 5 nitrogen and oxygen atoms in total. The van der Waals surface area contributed by atoms with Crippen molar-refractivity contribution < 1.29 is 4.74 Å². The largest absolute Gasteiger partial charge is 0.362 e. The van der Waals surface area contributed by atoms with Gasteiger partial charge in [-0.05, 0) is 34.8 Å². The van der Waals surface area contributed by atoms with E-state index in [-0.39, 0.29) is 0 Å². The van der Waals surface area contributed by atoms with Gasteiger partial charge in [0.25, 0.3) is 0 Å². The van der Waals surface area contributed by atoms with Crippen LogP contribution < -0.4 is 0 Å². The van der Waals surface area contributed by atoms with E-state index < -0.39 is 0 Å². The van der Waals surface area contributed by atoms with Crippen LogP contribution in [0.25, 0.3) is 5.69 Å². The fourth-order valence-corrected chi connectivity index (χ4v) is 1.44. The number of aromatic nitrogens is 4. The summed E-state index contributed by atoms with van der Waals surface area (Å²) in [6, 6.07) is 9.62. The second kappa shape index (κ2) is 4.33. The average Bonchev–Trinajstić information content (AvgIpc) is 2.63. The molecule has 2 aromatic rings. The Bertz CT molecular complexity index is 490. The number of benzene rings is 1. The molecule has 0 aliphatic carbocycles. The first-order valence-electron chi connectivity index (χ1n) is 4.40. The van der Waals surface area contributed by atoms with E-state index in [0.717, 1.165) is 5.69 Å². The fraction of sp³-hybridized carbons (Fsp3) is 0.222. The van der Waals surface area contributed by atoms with Crippen molar-refractivity contribution in [2.24, 2.45) is 0 Å². The molecule has 0 aliphatic rings. The molecule has 0 saturated heterocycles. The summed E-state index contributed by atoms with van der Waals surface area (Å²) in [5.74, 6) is 0. The fourth-order valence-electron chi connectivity index (χ4n) is 1.21. The Kier molecular flexibility index (Phi) is 2.89. The van der Waals surface area contributed by atoms with Crippen LogP contribution in [0.2, 0.25) is 0 Å².